The van der Waals surface area contributed by atoms with Crippen LogP contribution in [0.2, 0.25) is 0 Å². The largest absolute Gasteiger partial charge is 0.454 e. The average Bonchev–Trinajstić information content (AvgIpc) is 2.99. The first-order valence-corrected chi connectivity index (χ1v) is 6.69. The summed E-state index contributed by atoms with van der Waals surface area (Å²) in [6.45, 7) is 0.189. The molecule has 2 aliphatic heterocycles. The Balaban J connectivity index is 1.83. The second-order valence-electron chi connectivity index (χ2n) is 4.89. The summed E-state index contributed by atoms with van der Waals surface area (Å²) in [7, 11) is 0. The zero-order valence-corrected chi connectivity index (χ0v) is 11.4. The normalized spacial score (nSPS) is 17.4. The SMILES string of the molecule is O=C1OC(=O)c2ccccc2/C1=C/c1ccc2c(c1)OCO2. The molecule has 0 radical (unpaired) electrons. The Morgan fingerprint density at radius 1 is 0.864 bits per heavy atom. The summed E-state index contributed by atoms with van der Waals surface area (Å²) in [5, 5.41) is 0. The molecule has 0 aliphatic carbocycles. The molecule has 0 unspecified atom stereocenters. The van der Waals surface area contributed by atoms with Crippen molar-refractivity contribution < 1.29 is 23.8 Å². The predicted molar refractivity (Wildman–Crippen MR) is 77.3 cm³/mol. The fraction of sp³-hybridized carbons (Fsp3) is 0.0588. The molecule has 0 saturated carbocycles. The van der Waals surface area contributed by atoms with E-state index in [1.165, 1.54) is 0 Å². The minimum absolute atomic E-state index is 0.189. The Kier molecular flexibility index (Phi) is 2.72. The van der Waals surface area contributed by atoms with Gasteiger partial charge in [0.25, 0.3) is 0 Å². The van der Waals surface area contributed by atoms with Gasteiger partial charge < -0.3 is 14.2 Å². The number of esters is 2. The highest BCUT2D eigenvalue weighted by Gasteiger charge is 2.29. The second-order valence-corrected chi connectivity index (χ2v) is 4.89. The van der Waals surface area contributed by atoms with E-state index in [0.717, 1.165) is 5.56 Å². The first-order valence-electron chi connectivity index (χ1n) is 6.69. The van der Waals surface area contributed by atoms with E-state index in [1.807, 2.05) is 6.07 Å². The van der Waals surface area contributed by atoms with Crippen LogP contribution >= 0.6 is 0 Å². The van der Waals surface area contributed by atoms with Gasteiger partial charge >= 0.3 is 11.9 Å². The Morgan fingerprint density at radius 2 is 1.64 bits per heavy atom. The molecule has 2 aromatic carbocycles. The summed E-state index contributed by atoms with van der Waals surface area (Å²) in [5.41, 5.74) is 2.06. The van der Waals surface area contributed by atoms with E-state index in [4.69, 9.17) is 14.2 Å². The van der Waals surface area contributed by atoms with Crippen molar-refractivity contribution >= 4 is 23.6 Å². The molecule has 0 aromatic heterocycles. The van der Waals surface area contributed by atoms with Crippen LogP contribution in [0.15, 0.2) is 42.5 Å². The quantitative estimate of drug-likeness (QED) is 0.459. The number of benzene rings is 2. The van der Waals surface area contributed by atoms with E-state index >= 15 is 0 Å². The highest BCUT2D eigenvalue weighted by atomic mass is 16.7. The van der Waals surface area contributed by atoms with E-state index in [2.05, 4.69) is 0 Å². The summed E-state index contributed by atoms with van der Waals surface area (Å²) < 4.78 is 15.4. The van der Waals surface area contributed by atoms with Gasteiger partial charge in [0.2, 0.25) is 6.79 Å². The second kappa shape index (κ2) is 4.73. The summed E-state index contributed by atoms with van der Waals surface area (Å²) >= 11 is 0. The highest BCUT2D eigenvalue weighted by Crippen LogP contribution is 2.34. The van der Waals surface area contributed by atoms with Crippen molar-refractivity contribution in [3.05, 3.63) is 59.2 Å². The maximum absolute atomic E-state index is 12.0. The number of carbonyl (C=O) groups excluding carboxylic acids is 2. The number of hydrogen-bond donors (Lipinski definition) is 0. The molecule has 0 bridgehead atoms. The van der Waals surface area contributed by atoms with Gasteiger partial charge in [0.05, 0.1) is 11.1 Å². The Hall–Kier alpha value is -3.08. The van der Waals surface area contributed by atoms with Crippen molar-refractivity contribution in [3.63, 3.8) is 0 Å². The molecule has 0 fully saturated rings. The molecule has 0 atom stereocenters. The van der Waals surface area contributed by atoms with Crippen molar-refractivity contribution in [2.24, 2.45) is 0 Å². The molecule has 0 N–H and O–H groups in total. The lowest BCUT2D eigenvalue weighted by Gasteiger charge is -2.16. The van der Waals surface area contributed by atoms with Crippen LogP contribution in [0.1, 0.15) is 21.5 Å². The van der Waals surface area contributed by atoms with Crippen molar-refractivity contribution in [2.75, 3.05) is 6.79 Å². The number of fused-ring (bicyclic) bond motifs is 2. The van der Waals surface area contributed by atoms with E-state index < -0.39 is 11.9 Å². The fourth-order valence-electron chi connectivity index (χ4n) is 2.51. The monoisotopic (exact) mass is 294 g/mol. The zero-order chi connectivity index (χ0) is 15.1. The molecule has 2 aliphatic rings. The Morgan fingerprint density at radius 3 is 2.50 bits per heavy atom. The van der Waals surface area contributed by atoms with Crippen molar-refractivity contribution in [2.45, 2.75) is 0 Å². The molecular weight excluding hydrogens is 284 g/mol. The van der Waals surface area contributed by atoms with Crippen molar-refractivity contribution in [1.82, 2.24) is 0 Å². The van der Waals surface area contributed by atoms with E-state index in [-0.39, 0.29) is 6.79 Å². The van der Waals surface area contributed by atoms with Crippen LogP contribution < -0.4 is 9.47 Å². The van der Waals surface area contributed by atoms with Crippen molar-refractivity contribution in [3.8, 4) is 11.5 Å². The third-order valence-corrected chi connectivity index (χ3v) is 3.55. The van der Waals surface area contributed by atoms with Crippen LogP contribution in [0.5, 0.6) is 11.5 Å². The molecule has 0 saturated heterocycles. The molecule has 108 valence electrons. The van der Waals surface area contributed by atoms with Gasteiger partial charge in [0.1, 0.15) is 0 Å². The third kappa shape index (κ3) is 1.95. The van der Waals surface area contributed by atoms with Gasteiger partial charge in [-0.05, 0) is 29.8 Å². The molecule has 2 aromatic rings. The van der Waals surface area contributed by atoms with Gasteiger partial charge in [-0.3, -0.25) is 0 Å². The predicted octanol–water partition coefficient (Wildman–Crippen LogP) is 2.65. The van der Waals surface area contributed by atoms with E-state index in [0.29, 0.717) is 28.2 Å². The summed E-state index contributed by atoms with van der Waals surface area (Å²) in [4.78, 5) is 23.8. The van der Waals surface area contributed by atoms with Gasteiger partial charge in [-0.1, -0.05) is 24.3 Å². The number of cyclic esters (lactones) is 2. The summed E-state index contributed by atoms with van der Waals surface area (Å²) in [6.07, 6.45) is 1.68. The van der Waals surface area contributed by atoms with Gasteiger partial charge in [-0.15, -0.1) is 0 Å². The molecule has 0 amide bonds. The number of rotatable bonds is 1. The van der Waals surface area contributed by atoms with Crippen LogP contribution in [0.3, 0.4) is 0 Å². The number of carbonyl (C=O) groups is 2. The van der Waals surface area contributed by atoms with Crippen LogP contribution in [0.25, 0.3) is 11.6 Å². The lowest BCUT2D eigenvalue weighted by molar-refractivity contribution is -0.131. The maximum atomic E-state index is 12.0. The minimum Gasteiger partial charge on any atom is -0.454 e. The standard InChI is InChI=1S/C17H10O5/c18-16-12-4-2-1-3-11(12)13(17(19)22-16)7-10-5-6-14-15(8-10)21-9-20-14/h1-8H,9H2/b13-7-. The molecule has 5 heteroatoms. The third-order valence-electron chi connectivity index (χ3n) is 3.55. The summed E-state index contributed by atoms with van der Waals surface area (Å²) in [5.74, 6) is 0.0247. The van der Waals surface area contributed by atoms with E-state index in [9.17, 15) is 9.59 Å². The lowest BCUT2D eigenvalue weighted by atomic mass is 9.95. The van der Waals surface area contributed by atoms with Gasteiger partial charge in [-0.25, -0.2) is 9.59 Å². The van der Waals surface area contributed by atoms with Gasteiger partial charge in [0, 0.05) is 5.56 Å². The zero-order valence-electron chi connectivity index (χ0n) is 11.4. The topological polar surface area (TPSA) is 61.8 Å². The Labute approximate surface area is 125 Å². The lowest BCUT2D eigenvalue weighted by Crippen LogP contribution is -2.21. The van der Waals surface area contributed by atoms with Crippen LogP contribution in [-0.4, -0.2) is 18.7 Å². The molecule has 22 heavy (non-hydrogen) atoms. The van der Waals surface area contributed by atoms with Crippen molar-refractivity contribution in [1.29, 1.82) is 0 Å². The molecule has 0 spiro atoms. The number of hydrogen-bond acceptors (Lipinski definition) is 5. The highest BCUT2D eigenvalue weighted by molar-refractivity contribution is 6.29. The first-order chi connectivity index (χ1) is 10.7. The van der Waals surface area contributed by atoms with Gasteiger partial charge in [0.15, 0.2) is 11.5 Å². The van der Waals surface area contributed by atoms with Gasteiger partial charge in [-0.2, -0.15) is 0 Å². The summed E-state index contributed by atoms with van der Waals surface area (Å²) in [6, 6.07) is 12.2. The smallest absolute Gasteiger partial charge is 0.346 e. The van der Waals surface area contributed by atoms with Crippen LogP contribution in [0.4, 0.5) is 0 Å². The molecule has 2 heterocycles. The fourth-order valence-corrected chi connectivity index (χ4v) is 2.51. The Bertz CT molecular complexity index is 835. The van der Waals surface area contributed by atoms with E-state index in [1.54, 1.807) is 42.5 Å². The average molecular weight is 294 g/mol. The molecule has 4 rings (SSSR count). The molecule has 5 nitrogen and oxygen atoms in total. The van der Waals surface area contributed by atoms with Crippen LogP contribution in [-0.2, 0) is 9.53 Å². The minimum atomic E-state index is -0.652. The maximum Gasteiger partial charge on any atom is 0.346 e. The first kappa shape index (κ1) is 12.6. The molecular formula is C17H10O5. The van der Waals surface area contributed by atoms with Crippen LogP contribution in [0, 0.1) is 0 Å². The number of ether oxygens (including phenoxy) is 3.